The van der Waals surface area contributed by atoms with Crippen molar-refractivity contribution in [3.63, 3.8) is 0 Å². The van der Waals surface area contributed by atoms with E-state index < -0.39 is 10.0 Å². The summed E-state index contributed by atoms with van der Waals surface area (Å²) in [6.45, 7) is 4.72. The smallest absolute Gasteiger partial charge is 0.241 e. The van der Waals surface area contributed by atoms with Gasteiger partial charge in [0.1, 0.15) is 0 Å². The van der Waals surface area contributed by atoms with Gasteiger partial charge in [-0.3, -0.25) is 9.59 Å². The van der Waals surface area contributed by atoms with E-state index in [1.54, 1.807) is 34.9 Å². The maximum Gasteiger partial charge on any atom is 0.241 e. The zero-order chi connectivity index (χ0) is 17.0. The number of benzene rings is 1. The number of sulfonamides is 1. The minimum absolute atomic E-state index is 0.0163. The molecule has 1 aromatic rings. The van der Waals surface area contributed by atoms with Crippen molar-refractivity contribution in [1.82, 2.24) is 14.5 Å². The van der Waals surface area contributed by atoms with Crippen LogP contribution >= 0.6 is 0 Å². The van der Waals surface area contributed by atoms with Crippen LogP contribution in [0.4, 0.5) is 0 Å². The Morgan fingerprint density at radius 1 is 1.09 bits per heavy atom. The fourth-order valence-corrected chi connectivity index (χ4v) is 3.69. The summed E-state index contributed by atoms with van der Waals surface area (Å²) in [5.74, 6) is -0.303. The molecular weight excluding hydrogens is 318 g/mol. The zero-order valence-electron chi connectivity index (χ0n) is 13.3. The predicted molar refractivity (Wildman–Crippen MR) is 85.2 cm³/mol. The van der Waals surface area contributed by atoms with Crippen LogP contribution in [0.25, 0.3) is 0 Å². The van der Waals surface area contributed by atoms with Crippen molar-refractivity contribution in [2.24, 2.45) is 0 Å². The summed E-state index contributed by atoms with van der Waals surface area (Å²) < 4.78 is 26.8. The molecule has 7 nitrogen and oxygen atoms in total. The van der Waals surface area contributed by atoms with E-state index in [-0.39, 0.29) is 23.3 Å². The average Bonchev–Trinajstić information content (AvgIpc) is 2.53. The lowest BCUT2D eigenvalue weighted by atomic mass is 10.2. The fourth-order valence-electron chi connectivity index (χ4n) is 2.47. The Labute approximate surface area is 136 Å². The molecule has 1 N–H and O–H groups in total. The van der Waals surface area contributed by atoms with Gasteiger partial charge in [0.2, 0.25) is 21.8 Å². The first-order chi connectivity index (χ1) is 10.8. The summed E-state index contributed by atoms with van der Waals surface area (Å²) in [5, 5.41) is 0. The Hall–Kier alpha value is -1.93. The fraction of sp³-hybridized carbons (Fsp3) is 0.467. The quantitative estimate of drug-likeness (QED) is 0.834. The zero-order valence-corrected chi connectivity index (χ0v) is 14.1. The first-order valence-electron chi connectivity index (χ1n) is 7.40. The highest BCUT2D eigenvalue weighted by atomic mass is 32.2. The van der Waals surface area contributed by atoms with Crippen molar-refractivity contribution in [2.45, 2.75) is 18.7 Å². The lowest BCUT2D eigenvalue weighted by Crippen LogP contribution is -2.52. The van der Waals surface area contributed by atoms with Crippen LogP contribution in [0.15, 0.2) is 29.2 Å². The van der Waals surface area contributed by atoms with Crippen molar-refractivity contribution < 1.29 is 18.0 Å². The summed E-state index contributed by atoms with van der Waals surface area (Å²) in [6, 6.07) is 6.61. The number of aryl methyl sites for hydroxylation is 1. The maximum absolute atomic E-state index is 12.2. The molecule has 2 amide bonds. The average molecular weight is 339 g/mol. The molecular formula is C15H21N3O4S. The van der Waals surface area contributed by atoms with E-state index in [1.807, 2.05) is 0 Å². The van der Waals surface area contributed by atoms with Crippen LogP contribution in [0.2, 0.25) is 0 Å². The molecule has 1 fully saturated rings. The first-order valence-corrected chi connectivity index (χ1v) is 8.88. The molecule has 1 aromatic carbocycles. The van der Waals surface area contributed by atoms with E-state index in [2.05, 4.69) is 4.72 Å². The molecule has 0 radical (unpaired) electrons. The van der Waals surface area contributed by atoms with Gasteiger partial charge in [-0.2, -0.15) is 0 Å². The van der Waals surface area contributed by atoms with Gasteiger partial charge in [0.15, 0.2) is 0 Å². The van der Waals surface area contributed by atoms with Crippen molar-refractivity contribution in [1.29, 1.82) is 0 Å². The van der Waals surface area contributed by atoms with Gasteiger partial charge in [-0.1, -0.05) is 18.2 Å². The molecule has 0 aliphatic carbocycles. The Balaban J connectivity index is 1.92. The molecule has 0 saturated carbocycles. The maximum atomic E-state index is 12.2. The van der Waals surface area contributed by atoms with Crippen LogP contribution in [0.3, 0.4) is 0 Å². The highest BCUT2D eigenvalue weighted by Crippen LogP contribution is 2.13. The summed E-state index contributed by atoms with van der Waals surface area (Å²) in [6.07, 6.45) is 0. The molecule has 23 heavy (non-hydrogen) atoms. The first kappa shape index (κ1) is 17.4. The largest absolute Gasteiger partial charge is 0.339 e. The molecule has 0 atom stereocenters. The number of carbonyl (C=O) groups excluding carboxylic acids is 2. The molecule has 1 aliphatic rings. The van der Waals surface area contributed by atoms with E-state index in [1.165, 1.54) is 13.0 Å². The van der Waals surface area contributed by atoms with Crippen molar-refractivity contribution >= 4 is 21.8 Å². The predicted octanol–water partition coefficient (Wildman–Crippen LogP) is -0.0360. The second-order valence-electron chi connectivity index (χ2n) is 5.48. The Morgan fingerprint density at radius 2 is 1.65 bits per heavy atom. The molecule has 0 unspecified atom stereocenters. The number of carbonyl (C=O) groups is 2. The van der Waals surface area contributed by atoms with Crippen LogP contribution in [0.5, 0.6) is 0 Å². The summed E-state index contributed by atoms with van der Waals surface area (Å²) in [7, 11) is -3.71. The molecule has 0 spiro atoms. The Bertz CT molecular complexity index is 694. The van der Waals surface area contributed by atoms with Gasteiger partial charge in [-0.25, -0.2) is 13.1 Å². The number of hydrogen-bond donors (Lipinski definition) is 1. The van der Waals surface area contributed by atoms with Crippen molar-refractivity contribution in [3.8, 4) is 0 Å². The number of rotatable bonds is 4. The van der Waals surface area contributed by atoms with E-state index in [0.717, 1.165) is 0 Å². The normalized spacial score (nSPS) is 15.6. The standard InChI is InChI=1S/C15H21N3O4S/c1-12-5-3-4-6-14(12)23(21,22)16-11-15(20)18-9-7-17(8-10-18)13(2)19/h3-6,16H,7-11H2,1-2H3. The lowest BCUT2D eigenvalue weighted by Gasteiger charge is -2.34. The van der Waals surface area contributed by atoms with Gasteiger partial charge in [0, 0.05) is 33.1 Å². The molecule has 8 heteroatoms. The molecule has 2 rings (SSSR count). The van der Waals surface area contributed by atoms with Crippen LogP contribution in [-0.4, -0.2) is 62.8 Å². The van der Waals surface area contributed by atoms with Gasteiger partial charge in [0.25, 0.3) is 0 Å². The second kappa shape index (κ2) is 7.10. The molecule has 1 saturated heterocycles. The highest BCUT2D eigenvalue weighted by molar-refractivity contribution is 7.89. The number of hydrogen-bond acceptors (Lipinski definition) is 4. The minimum atomic E-state index is -3.71. The molecule has 0 aromatic heterocycles. The molecule has 1 aliphatic heterocycles. The minimum Gasteiger partial charge on any atom is -0.339 e. The third-order valence-electron chi connectivity index (χ3n) is 3.87. The third kappa shape index (κ3) is 4.29. The number of amides is 2. The van der Waals surface area contributed by atoms with Gasteiger partial charge in [-0.15, -0.1) is 0 Å². The molecule has 1 heterocycles. The number of piperazine rings is 1. The SMILES string of the molecule is CC(=O)N1CCN(C(=O)CNS(=O)(=O)c2ccccc2C)CC1. The van der Waals surface area contributed by atoms with Crippen molar-refractivity contribution in [3.05, 3.63) is 29.8 Å². The molecule has 0 bridgehead atoms. The van der Waals surface area contributed by atoms with Crippen LogP contribution < -0.4 is 4.72 Å². The topological polar surface area (TPSA) is 86.8 Å². The summed E-state index contributed by atoms with van der Waals surface area (Å²) in [4.78, 5) is 26.8. The monoisotopic (exact) mass is 339 g/mol. The van der Waals surface area contributed by atoms with E-state index in [9.17, 15) is 18.0 Å². The Kier molecular flexibility index (Phi) is 5.38. The summed E-state index contributed by atoms with van der Waals surface area (Å²) >= 11 is 0. The van der Waals surface area contributed by atoms with Crippen LogP contribution in [0.1, 0.15) is 12.5 Å². The van der Waals surface area contributed by atoms with Crippen LogP contribution in [0, 0.1) is 6.92 Å². The van der Waals surface area contributed by atoms with Gasteiger partial charge in [0.05, 0.1) is 11.4 Å². The molecule has 126 valence electrons. The Morgan fingerprint density at radius 3 is 2.22 bits per heavy atom. The van der Waals surface area contributed by atoms with Crippen molar-refractivity contribution in [2.75, 3.05) is 32.7 Å². The highest BCUT2D eigenvalue weighted by Gasteiger charge is 2.24. The number of nitrogens with zero attached hydrogens (tertiary/aromatic N) is 2. The summed E-state index contributed by atoms with van der Waals surface area (Å²) in [5.41, 5.74) is 0.627. The lowest BCUT2D eigenvalue weighted by molar-refractivity contribution is -0.137. The van der Waals surface area contributed by atoms with Gasteiger partial charge in [-0.05, 0) is 18.6 Å². The van der Waals surface area contributed by atoms with E-state index in [0.29, 0.717) is 31.7 Å². The van der Waals surface area contributed by atoms with Gasteiger partial charge >= 0.3 is 0 Å². The van der Waals surface area contributed by atoms with E-state index in [4.69, 9.17) is 0 Å². The van der Waals surface area contributed by atoms with Gasteiger partial charge < -0.3 is 9.80 Å². The van der Waals surface area contributed by atoms with Crippen LogP contribution in [-0.2, 0) is 19.6 Å². The number of nitrogens with one attached hydrogen (secondary N) is 1. The third-order valence-corrected chi connectivity index (χ3v) is 5.44. The van der Waals surface area contributed by atoms with E-state index >= 15 is 0 Å². The second-order valence-corrected chi connectivity index (χ2v) is 7.21.